The molecule has 0 bridgehead atoms. The summed E-state index contributed by atoms with van der Waals surface area (Å²) >= 11 is 1.35. The molecule has 1 heterocycles. The SMILES string of the molecule is COc1ccc2nc(NC(=O)CNC(=O)c3ccc(C)c(C)c3)sc2c1. The van der Waals surface area contributed by atoms with Crippen LogP contribution in [0.3, 0.4) is 0 Å². The van der Waals surface area contributed by atoms with Crippen LogP contribution >= 0.6 is 11.3 Å². The summed E-state index contributed by atoms with van der Waals surface area (Å²) in [7, 11) is 1.60. The first-order chi connectivity index (χ1) is 12.5. The van der Waals surface area contributed by atoms with E-state index >= 15 is 0 Å². The van der Waals surface area contributed by atoms with Gasteiger partial charge in [0.25, 0.3) is 5.91 Å². The normalized spacial score (nSPS) is 10.6. The van der Waals surface area contributed by atoms with Gasteiger partial charge in [0.1, 0.15) is 5.75 Å². The molecule has 134 valence electrons. The molecule has 0 aliphatic heterocycles. The van der Waals surface area contributed by atoms with E-state index in [0.717, 1.165) is 27.1 Å². The van der Waals surface area contributed by atoms with Crippen molar-refractivity contribution in [1.29, 1.82) is 0 Å². The molecule has 0 fully saturated rings. The van der Waals surface area contributed by atoms with E-state index < -0.39 is 0 Å². The second kappa shape index (κ2) is 7.53. The minimum atomic E-state index is -0.326. The van der Waals surface area contributed by atoms with Crippen LogP contribution in [0.5, 0.6) is 5.75 Å². The number of benzene rings is 2. The maximum Gasteiger partial charge on any atom is 0.251 e. The van der Waals surface area contributed by atoms with Crippen molar-refractivity contribution in [3.05, 3.63) is 53.1 Å². The molecule has 0 aliphatic carbocycles. The minimum Gasteiger partial charge on any atom is -0.497 e. The maximum absolute atomic E-state index is 12.2. The van der Waals surface area contributed by atoms with Crippen LogP contribution in [0, 0.1) is 13.8 Å². The fourth-order valence-corrected chi connectivity index (χ4v) is 3.30. The Morgan fingerprint density at radius 3 is 2.65 bits per heavy atom. The second-order valence-corrected chi connectivity index (χ2v) is 6.91. The van der Waals surface area contributed by atoms with Gasteiger partial charge >= 0.3 is 0 Å². The van der Waals surface area contributed by atoms with Crippen LogP contribution in [-0.4, -0.2) is 30.5 Å². The van der Waals surface area contributed by atoms with Gasteiger partial charge in [0, 0.05) is 5.56 Å². The molecule has 2 amide bonds. The smallest absolute Gasteiger partial charge is 0.251 e. The zero-order valence-corrected chi connectivity index (χ0v) is 15.6. The largest absolute Gasteiger partial charge is 0.497 e. The number of nitrogens with one attached hydrogen (secondary N) is 2. The quantitative estimate of drug-likeness (QED) is 0.723. The van der Waals surface area contributed by atoms with Crippen LogP contribution in [0.25, 0.3) is 10.2 Å². The van der Waals surface area contributed by atoms with Crippen LogP contribution < -0.4 is 15.4 Å². The van der Waals surface area contributed by atoms with E-state index in [1.54, 1.807) is 13.2 Å². The van der Waals surface area contributed by atoms with Gasteiger partial charge < -0.3 is 15.4 Å². The van der Waals surface area contributed by atoms with Crippen molar-refractivity contribution in [3.63, 3.8) is 0 Å². The van der Waals surface area contributed by atoms with Gasteiger partial charge in [-0.2, -0.15) is 0 Å². The molecule has 0 unspecified atom stereocenters. The zero-order valence-electron chi connectivity index (χ0n) is 14.8. The number of hydrogen-bond acceptors (Lipinski definition) is 5. The lowest BCUT2D eigenvalue weighted by Crippen LogP contribution is -2.32. The third-order valence-corrected chi connectivity index (χ3v) is 4.95. The number of thiazole rings is 1. The summed E-state index contributed by atoms with van der Waals surface area (Å²) in [6.45, 7) is 3.81. The molecule has 0 spiro atoms. The Bertz CT molecular complexity index is 981. The highest BCUT2D eigenvalue weighted by Crippen LogP contribution is 2.29. The molecule has 26 heavy (non-hydrogen) atoms. The van der Waals surface area contributed by atoms with Crippen LogP contribution in [0.4, 0.5) is 5.13 Å². The molecule has 3 rings (SSSR count). The molecular formula is C19H19N3O3S. The lowest BCUT2D eigenvalue weighted by molar-refractivity contribution is -0.115. The van der Waals surface area contributed by atoms with Crippen molar-refractivity contribution in [3.8, 4) is 5.75 Å². The van der Waals surface area contributed by atoms with Crippen molar-refractivity contribution in [2.75, 3.05) is 19.0 Å². The van der Waals surface area contributed by atoms with Crippen LogP contribution in [0.15, 0.2) is 36.4 Å². The zero-order chi connectivity index (χ0) is 18.7. The summed E-state index contributed by atoms with van der Waals surface area (Å²) in [5.74, 6) is 0.130. The van der Waals surface area contributed by atoms with Crippen molar-refractivity contribution in [2.45, 2.75) is 13.8 Å². The van der Waals surface area contributed by atoms with Crippen molar-refractivity contribution in [1.82, 2.24) is 10.3 Å². The standard InChI is InChI=1S/C19H19N3O3S/c1-11-4-5-13(8-12(11)2)18(24)20-10-17(23)22-19-21-15-7-6-14(25-3)9-16(15)26-19/h4-9H,10H2,1-3H3,(H,20,24)(H,21,22,23). The van der Waals surface area contributed by atoms with Crippen LogP contribution in [-0.2, 0) is 4.79 Å². The number of aryl methyl sites for hydroxylation is 2. The summed E-state index contributed by atoms with van der Waals surface area (Å²) < 4.78 is 6.09. The van der Waals surface area contributed by atoms with E-state index in [4.69, 9.17) is 4.74 Å². The van der Waals surface area contributed by atoms with Gasteiger partial charge in [-0.3, -0.25) is 9.59 Å². The summed E-state index contributed by atoms with van der Waals surface area (Å²) in [5.41, 5.74) is 3.47. The number of amides is 2. The maximum atomic E-state index is 12.2. The third kappa shape index (κ3) is 4.00. The van der Waals surface area contributed by atoms with Gasteiger partial charge in [0.05, 0.1) is 23.9 Å². The molecule has 2 N–H and O–H groups in total. The van der Waals surface area contributed by atoms with Gasteiger partial charge in [-0.05, 0) is 55.3 Å². The lowest BCUT2D eigenvalue weighted by atomic mass is 10.1. The van der Waals surface area contributed by atoms with Gasteiger partial charge in [-0.1, -0.05) is 17.4 Å². The van der Waals surface area contributed by atoms with Crippen LogP contribution in [0.2, 0.25) is 0 Å². The highest BCUT2D eigenvalue weighted by Gasteiger charge is 2.11. The van der Waals surface area contributed by atoms with Crippen LogP contribution in [0.1, 0.15) is 21.5 Å². The highest BCUT2D eigenvalue weighted by atomic mass is 32.1. The molecule has 7 heteroatoms. The molecule has 6 nitrogen and oxygen atoms in total. The summed E-state index contributed by atoms with van der Waals surface area (Å²) in [4.78, 5) is 28.6. The Labute approximate surface area is 155 Å². The number of methoxy groups -OCH3 is 1. The first-order valence-electron chi connectivity index (χ1n) is 8.06. The summed E-state index contributed by atoms with van der Waals surface area (Å²) in [6.07, 6.45) is 0. The van der Waals surface area contributed by atoms with E-state index in [9.17, 15) is 9.59 Å². The monoisotopic (exact) mass is 369 g/mol. The third-order valence-electron chi connectivity index (χ3n) is 4.02. The fourth-order valence-electron chi connectivity index (χ4n) is 2.39. The van der Waals surface area contributed by atoms with Crippen molar-refractivity contribution < 1.29 is 14.3 Å². The molecule has 0 saturated carbocycles. The Hall–Kier alpha value is -2.93. The van der Waals surface area contributed by atoms with Crippen molar-refractivity contribution >= 4 is 38.5 Å². The van der Waals surface area contributed by atoms with E-state index in [1.807, 2.05) is 44.2 Å². The Morgan fingerprint density at radius 1 is 1.12 bits per heavy atom. The number of anilines is 1. The van der Waals surface area contributed by atoms with E-state index in [2.05, 4.69) is 15.6 Å². The highest BCUT2D eigenvalue weighted by molar-refractivity contribution is 7.22. The molecule has 3 aromatic rings. The topological polar surface area (TPSA) is 80.3 Å². The molecule has 2 aromatic carbocycles. The first kappa shape index (κ1) is 17.9. The lowest BCUT2D eigenvalue weighted by Gasteiger charge is -2.07. The van der Waals surface area contributed by atoms with Crippen molar-refractivity contribution in [2.24, 2.45) is 0 Å². The van der Waals surface area contributed by atoms with Gasteiger partial charge in [0.2, 0.25) is 5.91 Å². The first-order valence-corrected chi connectivity index (χ1v) is 8.88. The average Bonchev–Trinajstić information content (AvgIpc) is 3.03. The average molecular weight is 369 g/mol. The second-order valence-electron chi connectivity index (χ2n) is 5.88. The van der Waals surface area contributed by atoms with Gasteiger partial charge in [0.15, 0.2) is 5.13 Å². The Morgan fingerprint density at radius 2 is 1.92 bits per heavy atom. The summed E-state index contributed by atoms with van der Waals surface area (Å²) in [6, 6.07) is 11.0. The summed E-state index contributed by atoms with van der Waals surface area (Å²) in [5, 5.41) is 5.82. The number of carbonyl (C=O) groups is 2. The number of nitrogens with zero attached hydrogens (tertiary/aromatic N) is 1. The number of aromatic nitrogens is 1. The number of fused-ring (bicyclic) bond motifs is 1. The molecule has 0 saturated heterocycles. The molecule has 0 atom stereocenters. The molecular weight excluding hydrogens is 350 g/mol. The number of carbonyl (C=O) groups excluding carboxylic acids is 2. The predicted molar refractivity (Wildman–Crippen MR) is 103 cm³/mol. The predicted octanol–water partition coefficient (Wildman–Crippen LogP) is 3.29. The van der Waals surface area contributed by atoms with Gasteiger partial charge in [-0.15, -0.1) is 0 Å². The van der Waals surface area contributed by atoms with Gasteiger partial charge in [-0.25, -0.2) is 4.98 Å². The minimum absolute atomic E-state index is 0.120. The Balaban J connectivity index is 1.60. The molecule has 0 radical (unpaired) electrons. The fraction of sp³-hybridized carbons (Fsp3) is 0.211. The number of rotatable bonds is 5. The van der Waals surface area contributed by atoms with E-state index in [0.29, 0.717) is 10.7 Å². The molecule has 1 aromatic heterocycles. The Kier molecular flexibility index (Phi) is 5.18. The number of hydrogen-bond donors (Lipinski definition) is 2. The number of ether oxygens (including phenoxy) is 1. The molecule has 0 aliphatic rings. The van der Waals surface area contributed by atoms with E-state index in [1.165, 1.54) is 11.3 Å². The van der Waals surface area contributed by atoms with E-state index in [-0.39, 0.29) is 18.4 Å².